The van der Waals surface area contributed by atoms with Gasteiger partial charge in [-0.3, -0.25) is 0 Å². The molecule has 1 atom stereocenters. The molecular weight excluding hydrogens is 276 g/mol. The lowest BCUT2D eigenvalue weighted by Gasteiger charge is -2.29. The van der Waals surface area contributed by atoms with Crippen LogP contribution in [0.25, 0.3) is 0 Å². The van der Waals surface area contributed by atoms with Crippen LogP contribution in [0.5, 0.6) is 0 Å². The van der Waals surface area contributed by atoms with Crippen LogP contribution in [0.2, 0.25) is 0 Å². The lowest BCUT2D eigenvalue weighted by atomic mass is 9.94. The molecule has 0 amide bonds. The smallest absolute Gasteiger partial charge is 0.216 e. The number of ether oxygens (including phenoxy) is 1. The lowest BCUT2D eigenvalue weighted by molar-refractivity contribution is 0.126. The summed E-state index contributed by atoms with van der Waals surface area (Å²) < 4.78 is 30.9. The number of halogens is 1. The van der Waals surface area contributed by atoms with E-state index in [1.54, 1.807) is 7.05 Å². The van der Waals surface area contributed by atoms with E-state index in [1.807, 2.05) is 13.8 Å². The Labute approximate surface area is 117 Å². The van der Waals surface area contributed by atoms with Crippen molar-refractivity contribution in [3.05, 3.63) is 0 Å². The van der Waals surface area contributed by atoms with Crippen LogP contribution in [0.3, 0.4) is 0 Å². The Bertz CT molecular complexity index is 340. The molecule has 7 heteroatoms. The third-order valence-corrected chi connectivity index (χ3v) is 4.97. The van der Waals surface area contributed by atoms with Crippen LogP contribution in [-0.4, -0.2) is 51.3 Å². The van der Waals surface area contributed by atoms with E-state index in [2.05, 4.69) is 0 Å². The first-order valence-corrected chi connectivity index (χ1v) is 7.63. The van der Waals surface area contributed by atoms with E-state index in [0.717, 1.165) is 12.8 Å². The summed E-state index contributed by atoms with van der Waals surface area (Å²) in [4.78, 5) is 0. The Morgan fingerprint density at radius 2 is 2.06 bits per heavy atom. The van der Waals surface area contributed by atoms with Crippen LogP contribution >= 0.6 is 12.4 Å². The van der Waals surface area contributed by atoms with Gasteiger partial charge < -0.3 is 10.5 Å². The molecule has 0 aromatic heterocycles. The van der Waals surface area contributed by atoms with Gasteiger partial charge in [-0.05, 0) is 24.8 Å². The summed E-state index contributed by atoms with van der Waals surface area (Å²) in [5.74, 6) is 0.0875. The zero-order valence-corrected chi connectivity index (χ0v) is 13.0. The normalized spacial score (nSPS) is 21.1. The maximum Gasteiger partial charge on any atom is 0.216 e. The highest BCUT2D eigenvalue weighted by molar-refractivity contribution is 7.89. The highest BCUT2D eigenvalue weighted by atomic mass is 35.5. The molecule has 0 aromatic rings. The number of nitrogens with two attached hydrogens (primary N) is 1. The van der Waals surface area contributed by atoms with Gasteiger partial charge in [0.1, 0.15) is 0 Å². The van der Waals surface area contributed by atoms with Crippen molar-refractivity contribution in [2.24, 2.45) is 11.1 Å². The van der Waals surface area contributed by atoms with Gasteiger partial charge in [-0.15, -0.1) is 12.4 Å². The zero-order valence-electron chi connectivity index (χ0n) is 11.4. The van der Waals surface area contributed by atoms with Gasteiger partial charge in [0.15, 0.2) is 0 Å². The second-order valence-electron chi connectivity index (χ2n) is 5.54. The number of hydrogen-bond donors (Lipinski definition) is 1. The summed E-state index contributed by atoms with van der Waals surface area (Å²) in [6, 6.07) is 0. The molecule has 0 spiro atoms. The first-order chi connectivity index (χ1) is 7.77. The number of hydrogen-bond acceptors (Lipinski definition) is 4. The van der Waals surface area contributed by atoms with E-state index in [0.29, 0.717) is 19.7 Å². The molecule has 0 radical (unpaired) electrons. The largest absolute Gasteiger partial charge is 0.377 e. The van der Waals surface area contributed by atoms with Gasteiger partial charge in [0, 0.05) is 20.2 Å². The van der Waals surface area contributed by atoms with Crippen LogP contribution in [-0.2, 0) is 14.8 Å². The Morgan fingerprint density at radius 3 is 2.50 bits per heavy atom. The minimum atomic E-state index is -3.23. The number of nitrogens with zero attached hydrogens (tertiary/aromatic N) is 1. The van der Waals surface area contributed by atoms with Gasteiger partial charge >= 0.3 is 0 Å². The Kier molecular flexibility index (Phi) is 7.10. The van der Waals surface area contributed by atoms with E-state index in [9.17, 15) is 8.42 Å². The van der Waals surface area contributed by atoms with E-state index in [1.165, 1.54) is 4.31 Å². The molecule has 0 bridgehead atoms. The maximum atomic E-state index is 12.1. The Balaban J connectivity index is 0.00000289. The monoisotopic (exact) mass is 300 g/mol. The third kappa shape index (κ3) is 5.40. The van der Waals surface area contributed by atoms with Crippen molar-refractivity contribution in [2.75, 3.05) is 32.5 Å². The predicted octanol–water partition coefficient (Wildman–Crippen LogP) is 0.834. The van der Waals surface area contributed by atoms with Crippen molar-refractivity contribution in [2.45, 2.75) is 32.8 Å². The molecular formula is C11H25ClN2O3S. The molecule has 1 aliphatic heterocycles. The van der Waals surface area contributed by atoms with Crippen LogP contribution in [0.1, 0.15) is 26.7 Å². The summed E-state index contributed by atoms with van der Waals surface area (Å²) in [5.41, 5.74) is 5.42. The summed E-state index contributed by atoms with van der Waals surface area (Å²) in [7, 11) is -1.62. The minimum absolute atomic E-state index is 0. The molecule has 0 aromatic carbocycles. The van der Waals surface area contributed by atoms with Crippen molar-refractivity contribution >= 4 is 22.4 Å². The van der Waals surface area contributed by atoms with E-state index in [-0.39, 0.29) is 29.7 Å². The number of sulfonamides is 1. The van der Waals surface area contributed by atoms with E-state index < -0.39 is 10.0 Å². The minimum Gasteiger partial charge on any atom is -0.377 e. The SMILES string of the molecule is CN(CC(C)(C)CN)S(=O)(=O)CC1CCCO1.Cl. The lowest BCUT2D eigenvalue weighted by Crippen LogP contribution is -2.42. The molecule has 0 aliphatic carbocycles. The van der Waals surface area contributed by atoms with Gasteiger partial charge in [-0.1, -0.05) is 13.8 Å². The molecule has 1 saturated heterocycles. The van der Waals surface area contributed by atoms with Crippen LogP contribution in [0.4, 0.5) is 0 Å². The Hall–Kier alpha value is 0.120. The van der Waals surface area contributed by atoms with Crippen LogP contribution in [0.15, 0.2) is 0 Å². The fourth-order valence-electron chi connectivity index (χ4n) is 1.90. The molecule has 110 valence electrons. The first kappa shape index (κ1) is 18.1. The summed E-state index contributed by atoms with van der Waals surface area (Å²) in [5, 5.41) is 0. The zero-order chi connectivity index (χ0) is 13.1. The molecule has 1 rings (SSSR count). The van der Waals surface area contributed by atoms with Gasteiger partial charge in [0.05, 0.1) is 11.9 Å². The van der Waals surface area contributed by atoms with E-state index >= 15 is 0 Å². The topological polar surface area (TPSA) is 72.6 Å². The molecule has 2 N–H and O–H groups in total. The molecule has 18 heavy (non-hydrogen) atoms. The summed E-state index contributed by atoms with van der Waals surface area (Å²) in [6.07, 6.45) is 1.66. The van der Waals surface area contributed by atoms with Crippen molar-refractivity contribution in [3.8, 4) is 0 Å². The highest BCUT2D eigenvalue weighted by Gasteiger charge is 2.29. The molecule has 1 unspecified atom stereocenters. The van der Waals surface area contributed by atoms with Gasteiger partial charge in [0.2, 0.25) is 10.0 Å². The van der Waals surface area contributed by atoms with Gasteiger partial charge in [-0.2, -0.15) is 0 Å². The standard InChI is InChI=1S/C11H24N2O3S.ClH/c1-11(2,8-12)9-13(3)17(14,15)7-10-5-4-6-16-10;/h10H,4-9,12H2,1-3H3;1H. The van der Waals surface area contributed by atoms with Crippen molar-refractivity contribution in [1.82, 2.24) is 4.31 Å². The maximum absolute atomic E-state index is 12.1. The Morgan fingerprint density at radius 1 is 1.44 bits per heavy atom. The van der Waals surface area contributed by atoms with Gasteiger partial charge in [-0.25, -0.2) is 12.7 Å². The fraction of sp³-hybridized carbons (Fsp3) is 1.00. The quantitative estimate of drug-likeness (QED) is 0.789. The fourth-order valence-corrected chi connectivity index (χ4v) is 3.44. The van der Waals surface area contributed by atoms with Crippen LogP contribution in [0, 0.1) is 5.41 Å². The average molecular weight is 301 g/mol. The van der Waals surface area contributed by atoms with E-state index in [4.69, 9.17) is 10.5 Å². The predicted molar refractivity (Wildman–Crippen MR) is 75.5 cm³/mol. The molecule has 1 fully saturated rings. The molecule has 1 heterocycles. The average Bonchev–Trinajstić information content (AvgIpc) is 2.69. The first-order valence-electron chi connectivity index (χ1n) is 6.02. The molecule has 1 aliphatic rings. The highest BCUT2D eigenvalue weighted by Crippen LogP contribution is 2.19. The van der Waals surface area contributed by atoms with Gasteiger partial charge in [0.25, 0.3) is 0 Å². The second-order valence-corrected chi connectivity index (χ2v) is 7.66. The van der Waals surface area contributed by atoms with Crippen molar-refractivity contribution in [3.63, 3.8) is 0 Å². The molecule has 0 saturated carbocycles. The summed E-state index contributed by atoms with van der Waals surface area (Å²) >= 11 is 0. The third-order valence-electron chi connectivity index (χ3n) is 3.10. The summed E-state index contributed by atoms with van der Waals surface area (Å²) in [6.45, 7) is 5.51. The van der Waals surface area contributed by atoms with Crippen molar-refractivity contribution < 1.29 is 13.2 Å². The number of rotatable bonds is 6. The molecule has 5 nitrogen and oxygen atoms in total. The van der Waals surface area contributed by atoms with Crippen molar-refractivity contribution in [1.29, 1.82) is 0 Å². The van der Waals surface area contributed by atoms with Crippen LogP contribution < -0.4 is 5.73 Å². The second kappa shape index (κ2) is 7.05.